The lowest BCUT2D eigenvalue weighted by Gasteiger charge is -2.56. The first-order valence-electron chi connectivity index (χ1n) is 10.9. The fourth-order valence-corrected chi connectivity index (χ4v) is 6.44. The number of hydrogen-bond donors (Lipinski definition) is 1. The molecule has 1 aromatic carbocycles. The number of piperidine rings is 1. The molecular formula is C23H33NO3. The van der Waals surface area contributed by atoms with Crippen LogP contribution in [0.2, 0.25) is 0 Å². The van der Waals surface area contributed by atoms with E-state index in [1.54, 1.807) is 7.11 Å². The highest BCUT2D eigenvalue weighted by molar-refractivity contribution is 5.59. The van der Waals surface area contributed by atoms with Crippen LogP contribution in [0.25, 0.3) is 0 Å². The van der Waals surface area contributed by atoms with E-state index in [-0.39, 0.29) is 17.6 Å². The van der Waals surface area contributed by atoms with Gasteiger partial charge in [0, 0.05) is 23.6 Å². The Kier molecular flexibility index (Phi) is 4.21. The van der Waals surface area contributed by atoms with E-state index < -0.39 is 0 Å². The normalized spacial score (nSPS) is 37.9. The molecule has 0 bridgehead atoms. The summed E-state index contributed by atoms with van der Waals surface area (Å²) >= 11 is 0. The third-order valence-corrected chi connectivity index (χ3v) is 7.97. The molecule has 3 fully saturated rings. The lowest BCUT2D eigenvalue weighted by molar-refractivity contribution is -0.0968. The lowest BCUT2D eigenvalue weighted by Crippen LogP contribution is -2.64. The number of ether oxygens (including phenoxy) is 2. The number of likely N-dealkylation sites (tertiary alicyclic amines) is 1. The molecule has 4 aliphatic rings. The van der Waals surface area contributed by atoms with Gasteiger partial charge >= 0.3 is 0 Å². The SMILES string of the molecule is CCc1ccc(OC)c2c1C13CCN(CC4CC4)C(C)C1CCC(O)[C@@H]3O2. The van der Waals surface area contributed by atoms with E-state index in [9.17, 15) is 5.11 Å². The van der Waals surface area contributed by atoms with Gasteiger partial charge in [-0.05, 0) is 75.5 Å². The summed E-state index contributed by atoms with van der Waals surface area (Å²) in [6, 6.07) is 4.80. The summed E-state index contributed by atoms with van der Waals surface area (Å²) in [4.78, 5) is 2.73. The summed E-state index contributed by atoms with van der Waals surface area (Å²) < 4.78 is 12.2. The molecule has 0 aromatic heterocycles. The molecule has 2 saturated carbocycles. The minimum atomic E-state index is -0.384. The van der Waals surface area contributed by atoms with Gasteiger partial charge < -0.3 is 19.5 Å². The van der Waals surface area contributed by atoms with Crippen molar-refractivity contribution in [3.63, 3.8) is 0 Å². The van der Waals surface area contributed by atoms with E-state index in [4.69, 9.17) is 9.47 Å². The summed E-state index contributed by atoms with van der Waals surface area (Å²) in [5.41, 5.74) is 2.66. The highest BCUT2D eigenvalue weighted by atomic mass is 16.5. The minimum absolute atomic E-state index is 0.0631. The zero-order valence-corrected chi connectivity index (χ0v) is 16.9. The van der Waals surface area contributed by atoms with Crippen LogP contribution in [0.4, 0.5) is 0 Å². The second-order valence-corrected chi connectivity index (χ2v) is 9.24. The van der Waals surface area contributed by atoms with Gasteiger partial charge in [0.15, 0.2) is 11.5 Å². The van der Waals surface area contributed by atoms with Gasteiger partial charge in [-0.15, -0.1) is 0 Å². The third kappa shape index (κ3) is 2.49. The number of nitrogens with zero attached hydrogens (tertiary/aromatic N) is 1. The quantitative estimate of drug-likeness (QED) is 0.879. The summed E-state index contributed by atoms with van der Waals surface area (Å²) in [5, 5.41) is 10.9. The number of benzene rings is 1. The highest BCUT2D eigenvalue weighted by Crippen LogP contribution is 2.61. The molecule has 1 N–H and O–H groups in total. The number of methoxy groups -OCH3 is 1. The average Bonchev–Trinajstić information content (AvgIpc) is 3.43. The van der Waals surface area contributed by atoms with Gasteiger partial charge in [0.25, 0.3) is 0 Å². The maximum absolute atomic E-state index is 10.9. The van der Waals surface area contributed by atoms with E-state index in [0.29, 0.717) is 12.0 Å². The molecule has 2 aliphatic heterocycles. The second-order valence-electron chi connectivity index (χ2n) is 9.24. The van der Waals surface area contributed by atoms with Crippen molar-refractivity contribution in [1.29, 1.82) is 0 Å². The Hall–Kier alpha value is -1.26. The predicted octanol–water partition coefficient (Wildman–Crippen LogP) is 3.53. The van der Waals surface area contributed by atoms with Gasteiger partial charge in [-0.25, -0.2) is 0 Å². The number of aliphatic hydroxyl groups is 1. The smallest absolute Gasteiger partial charge is 0.165 e. The molecule has 2 heterocycles. The Labute approximate surface area is 162 Å². The molecule has 0 radical (unpaired) electrons. The number of fused-ring (bicyclic) bond motifs is 1. The molecule has 2 aliphatic carbocycles. The van der Waals surface area contributed by atoms with E-state index in [1.165, 1.54) is 30.5 Å². The van der Waals surface area contributed by atoms with Gasteiger partial charge in [-0.2, -0.15) is 0 Å². The fourth-order valence-electron chi connectivity index (χ4n) is 6.44. The molecule has 1 spiro atoms. The Balaban J connectivity index is 1.62. The highest BCUT2D eigenvalue weighted by Gasteiger charge is 2.63. The first kappa shape index (κ1) is 17.8. The van der Waals surface area contributed by atoms with Crippen LogP contribution in [0.1, 0.15) is 57.1 Å². The van der Waals surface area contributed by atoms with Crippen molar-refractivity contribution >= 4 is 0 Å². The zero-order chi connectivity index (χ0) is 18.8. The van der Waals surface area contributed by atoms with Crippen molar-refractivity contribution in [3.8, 4) is 11.5 Å². The molecule has 4 heteroatoms. The first-order chi connectivity index (χ1) is 13.1. The molecule has 5 rings (SSSR count). The number of rotatable bonds is 4. The van der Waals surface area contributed by atoms with Crippen molar-refractivity contribution in [2.75, 3.05) is 20.2 Å². The third-order valence-electron chi connectivity index (χ3n) is 7.97. The largest absolute Gasteiger partial charge is 0.493 e. The van der Waals surface area contributed by atoms with E-state index in [0.717, 1.165) is 49.6 Å². The van der Waals surface area contributed by atoms with Crippen LogP contribution in [0.3, 0.4) is 0 Å². The molecule has 5 atom stereocenters. The van der Waals surface area contributed by atoms with Crippen molar-refractivity contribution in [2.24, 2.45) is 11.8 Å². The molecule has 4 unspecified atom stereocenters. The fraction of sp³-hybridized carbons (Fsp3) is 0.739. The summed E-state index contributed by atoms with van der Waals surface area (Å²) in [5.74, 6) is 3.20. The Morgan fingerprint density at radius 2 is 2.07 bits per heavy atom. The van der Waals surface area contributed by atoms with E-state index in [1.807, 2.05) is 6.07 Å². The summed E-state index contributed by atoms with van der Waals surface area (Å²) in [6.07, 6.45) is 6.31. The number of aliphatic hydroxyl groups excluding tert-OH is 1. The Morgan fingerprint density at radius 3 is 2.78 bits per heavy atom. The van der Waals surface area contributed by atoms with Gasteiger partial charge in [0.05, 0.1) is 13.2 Å². The van der Waals surface area contributed by atoms with Gasteiger partial charge in [-0.3, -0.25) is 0 Å². The minimum Gasteiger partial charge on any atom is -0.493 e. The first-order valence-corrected chi connectivity index (χ1v) is 10.9. The molecule has 4 nitrogen and oxygen atoms in total. The summed E-state index contributed by atoms with van der Waals surface area (Å²) in [6.45, 7) is 7.02. The predicted molar refractivity (Wildman–Crippen MR) is 106 cm³/mol. The van der Waals surface area contributed by atoms with Gasteiger partial charge in [-0.1, -0.05) is 13.0 Å². The molecule has 148 valence electrons. The standard InChI is InChI=1S/C23H33NO3/c1-4-16-7-10-19(26-3)21-20(16)23-11-12-24(13-15-5-6-15)14(2)17(23)8-9-18(25)22(23)27-21/h7,10,14-15,17-18,22,25H,4-6,8-9,11-13H2,1-3H3/t14?,17?,18?,22-,23?/m0/s1. The van der Waals surface area contributed by atoms with Crippen LogP contribution in [0.15, 0.2) is 12.1 Å². The molecule has 1 aromatic rings. The molecular weight excluding hydrogens is 338 g/mol. The Bertz CT molecular complexity index is 731. The van der Waals surface area contributed by atoms with Crippen molar-refractivity contribution in [3.05, 3.63) is 23.3 Å². The molecule has 0 amide bonds. The lowest BCUT2D eigenvalue weighted by atomic mass is 9.55. The number of hydrogen-bond acceptors (Lipinski definition) is 4. The van der Waals surface area contributed by atoms with Crippen LogP contribution >= 0.6 is 0 Å². The van der Waals surface area contributed by atoms with Crippen LogP contribution in [-0.4, -0.2) is 48.5 Å². The van der Waals surface area contributed by atoms with Gasteiger partial charge in [0.2, 0.25) is 0 Å². The van der Waals surface area contributed by atoms with Gasteiger partial charge in [0.1, 0.15) is 6.10 Å². The summed E-state index contributed by atoms with van der Waals surface area (Å²) in [7, 11) is 1.72. The van der Waals surface area contributed by atoms with E-state index in [2.05, 4.69) is 24.8 Å². The molecule has 1 saturated heterocycles. The van der Waals surface area contributed by atoms with Crippen LogP contribution < -0.4 is 9.47 Å². The maximum Gasteiger partial charge on any atom is 0.165 e. The van der Waals surface area contributed by atoms with Crippen molar-refractivity contribution in [1.82, 2.24) is 4.90 Å². The monoisotopic (exact) mass is 371 g/mol. The van der Waals surface area contributed by atoms with Crippen LogP contribution in [0, 0.1) is 11.8 Å². The molecule has 27 heavy (non-hydrogen) atoms. The topological polar surface area (TPSA) is 41.9 Å². The van der Waals surface area contributed by atoms with Crippen LogP contribution in [0.5, 0.6) is 11.5 Å². The average molecular weight is 372 g/mol. The zero-order valence-electron chi connectivity index (χ0n) is 16.9. The van der Waals surface area contributed by atoms with Crippen LogP contribution in [-0.2, 0) is 11.8 Å². The van der Waals surface area contributed by atoms with Crippen molar-refractivity contribution in [2.45, 2.75) is 76.0 Å². The maximum atomic E-state index is 10.9. The van der Waals surface area contributed by atoms with E-state index >= 15 is 0 Å². The van der Waals surface area contributed by atoms with Crippen molar-refractivity contribution < 1.29 is 14.6 Å². The second kappa shape index (κ2) is 6.38. The number of aryl methyl sites for hydroxylation is 1. The Morgan fingerprint density at radius 1 is 1.26 bits per heavy atom.